The van der Waals surface area contributed by atoms with Gasteiger partial charge in [0.1, 0.15) is 0 Å². The monoisotopic (exact) mass is 288 g/mol. The first-order valence-electron chi connectivity index (χ1n) is 6.33. The van der Waals surface area contributed by atoms with Crippen LogP contribution in [0, 0.1) is 0 Å². The molecule has 1 aromatic heterocycles. The number of alkyl halides is 3. The van der Waals surface area contributed by atoms with Crippen LogP contribution in [-0.2, 0) is 6.18 Å². The topological polar surface area (TPSA) is 17.8 Å². The summed E-state index contributed by atoms with van der Waals surface area (Å²) >= 11 is 0. The van der Waals surface area contributed by atoms with Gasteiger partial charge in [0.25, 0.3) is 0 Å². The van der Waals surface area contributed by atoms with Crippen molar-refractivity contribution in [2.45, 2.75) is 6.18 Å². The van der Waals surface area contributed by atoms with E-state index in [1.165, 1.54) is 10.7 Å². The van der Waals surface area contributed by atoms with E-state index in [0.29, 0.717) is 5.69 Å². The molecule has 3 aromatic rings. The molecular weight excluding hydrogens is 277 g/mol. The summed E-state index contributed by atoms with van der Waals surface area (Å²) in [6.45, 7) is 0. The highest BCUT2D eigenvalue weighted by Gasteiger charge is 2.30. The number of rotatable bonds is 2. The van der Waals surface area contributed by atoms with Gasteiger partial charge >= 0.3 is 6.18 Å². The van der Waals surface area contributed by atoms with Gasteiger partial charge in [-0.2, -0.15) is 18.3 Å². The molecule has 2 nitrogen and oxygen atoms in total. The van der Waals surface area contributed by atoms with Gasteiger partial charge in [-0.15, -0.1) is 0 Å². The minimum Gasteiger partial charge on any atom is -0.233 e. The van der Waals surface area contributed by atoms with Crippen molar-refractivity contribution in [1.82, 2.24) is 9.78 Å². The molecule has 0 atom stereocenters. The summed E-state index contributed by atoms with van der Waals surface area (Å²) in [5.74, 6) is 0. The standard InChI is InChI=1S/C16H11F3N2/c17-16(18,19)13-7-4-8-14(11-13)21-15(9-10-20-21)12-5-2-1-3-6-12/h1-11H. The lowest BCUT2D eigenvalue weighted by molar-refractivity contribution is -0.137. The number of hydrogen-bond donors (Lipinski definition) is 0. The lowest BCUT2D eigenvalue weighted by Gasteiger charge is -2.11. The van der Waals surface area contributed by atoms with E-state index < -0.39 is 11.7 Å². The van der Waals surface area contributed by atoms with Gasteiger partial charge in [0.05, 0.1) is 23.1 Å². The Balaban J connectivity index is 2.09. The number of halogens is 3. The van der Waals surface area contributed by atoms with Crippen LogP contribution in [0.5, 0.6) is 0 Å². The second kappa shape index (κ2) is 5.09. The van der Waals surface area contributed by atoms with Crippen molar-refractivity contribution >= 4 is 0 Å². The lowest BCUT2D eigenvalue weighted by Crippen LogP contribution is -2.07. The molecule has 0 saturated heterocycles. The first kappa shape index (κ1) is 13.4. The molecule has 0 fully saturated rings. The Hall–Kier alpha value is -2.56. The van der Waals surface area contributed by atoms with Gasteiger partial charge in [-0.25, -0.2) is 4.68 Å². The van der Waals surface area contributed by atoms with Gasteiger partial charge in [0.15, 0.2) is 0 Å². The highest BCUT2D eigenvalue weighted by molar-refractivity contribution is 5.61. The average molecular weight is 288 g/mol. The highest BCUT2D eigenvalue weighted by atomic mass is 19.4. The number of nitrogens with zero attached hydrogens (tertiary/aromatic N) is 2. The van der Waals surface area contributed by atoms with Crippen LogP contribution in [0.4, 0.5) is 13.2 Å². The molecule has 0 unspecified atom stereocenters. The Morgan fingerprint density at radius 3 is 2.33 bits per heavy atom. The molecule has 0 aliphatic rings. The summed E-state index contributed by atoms with van der Waals surface area (Å²) in [5.41, 5.74) is 1.34. The quantitative estimate of drug-likeness (QED) is 0.676. The zero-order chi connectivity index (χ0) is 14.9. The van der Waals surface area contributed by atoms with Crippen LogP contribution >= 0.6 is 0 Å². The van der Waals surface area contributed by atoms with E-state index in [0.717, 1.165) is 23.4 Å². The number of aromatic nitrogens is 2. The average Bonchev–Trinajstić information content (AvgIpc) is 2.97. The van der Waals surface area contributed by atoms with Crippen molar-refractivity contribution in [2.75, 3.05) is 0 Å². The highest BCUT2D eigenvalue weighted by Crippen LogP contribution is 2.31. The first-order chi connectivity index (χ1) is 10.1. The summed E-state index contributed by atoms with van der Waals surface area (Å²) in [5, 5.41) is 4.14. The molecule has 5 heteroatoms. The number of benzene rings is 2. The van der Waals surface area contributed by atoms with Gasteiger partial charge in [0.2, 0.25) is 0 Å². The van der Waals surface area contributed by atoms with Crippen molar-refractivity contribution in [3.8, 4) is 16.9 Å². The normalized spacial score (nSPS) is 11.6. The second-order valence-electron chi connectivity index (χ2n) is 4.54. The molecule has 21 heavy (non-hydrogen) atoms. The molecule has 0 saturated carbocycles. The molecule has 0 aliphatic heterocycles. The Labute approximate surface area is 119 Å². The zero-order valence-corrected chi connectivity index (χ0v) is 10.9. The third kappa shape index (κ3) is 2.67. The van der Waals surface area contributed by atoms with Gasteiger partial charge < -0.3 is 0 Å². The predicted molar refractivity (Wildman–Crippen MR) is 74.0 cm³/mol. The van der Waals surface area contributed by atoms with Crippen LogP contribution in [0.3, 0.4) is 0 Å². The molecule has 0 aliphatic carbocycles. The first-order valence-corrected chi connectivity index (χ1v) is 6.33. The molecule has 3 rings (SSSR count). The molecule has 0 bridgehead atoms. The van der Waals surface area contributed by atoms with Crippen LogP contribution < -0.4 is 0 Å². The minimum atomic E-state index is -4.37. The predicted octanol–water partition coefficient (Wildman–Crippen LogP) is 4.56. The van der Waals surface area contributed by atoms with E-state index in [-0.39, 0.29) is 0 Å². The fourth-order valence-corrected chi connectivity index (χ4v) is 2.15. The van der Waals surface area contributed by atoms with Crippen LogP contribution in [-0.4, -0.2) is 9.78 Å². The van der Waals surface area contributed by atoms with Crippen molar-refractivity contribution in [3.05, 3.63) is 72.4 Å². The maximum atomic E-state index is 12.8. The molecule has 0 radical (unpaired) electrons. The molecule has 2 aromatic carbocycles. The zero-order valence-electron chi connectivity index (χ0n) is 10.9. The van der Waals surface area contributed by atoms with E-state index in [1.807, 2.05) is 30.3 Å². The molecule has 0 amide bonds. The fourth-order valence-electron chi connectivity index (χ4n) is 2.15. The van der Waals surface area contributed by atoms with E-state index in [2.05, 4.69) is 5.10 Å². The van der Waals surface area contributed by atoms with Gasteiger partial charge in [-0.05, 0) is 24.3 Å². The van der Waals surface area contributed by atoms with Gasteiger partial charge in [-0.3, -0.25) is 0 Å². The summed E-state index contributed by atoms with van der Waals surface area (Å²) in [6.07, 6.45) is -2.79. The van der Waals surface area contributed by atoms with Crippen molar-refractivity contribution < 1.29 is 13.2 Å². The SMILES string of the molecule is FC(F)(F)c1cccc(-n2nccc2-c2ccccc2)c1. The van der Waals surface area contributed by atoms with Crippen molar-refractivity contribution in [3.63, 3.8) is 0 Å². The maximum Gasteiger partial charge on any atom is 0.416 e. The van der Waals surface area contributed by atoms with E-state index in [1.54, 1.807) is 18.3 Å². The molecule has 0 spiro atoms. The summed E-state index contributed by atoms with van der Waals surface area (Å²) in [4.78, 5) is 0. The molecule has 1 heterocycles. The van der Waals surface area contributed by atoms with Crippen LogP contribution in [0.15, 0.2) is 66.9 Å². The van der Waals surface area contributed by atoms with Gasteiger partial charge in [-0.1, -0.05) is 36.4 Å². The maximum absolute atomic E-state index is 12.8. The van der Waals surface area contributed by atoms with Crippen molar-refractivity contribution in [2.24, 2.45) is 0 Å². The molecule has 106 valence electrons. The van der Waals surface area contributed by atoms with Crippen LogP contribution in [0.1, 0.15) is 5.56 Å². The van der Waals surface area contributed by atoms with E-state index >= 15 is 0 Å². The van der Waals surface area contributed by atoms with Crippen LogP contribution in [0.25, 0.3) is 16.9 Å². The van der Waals surface area contributed by atoms with Gasteiger partial charge in [0, 0.05) is 5.56 Å². The summed E-state index contributed by atoms with van der Waals surface area (Å²) < 4.78 is 39.9. The minimum absolute atomic E-state index is 0.383. The fraction of sp³-hybridized carbons (Fsp3) is 0.0625. The largest absolute Gasteiger partial charge is 0.416 e. The molecule has 0 N–H and O–H groups in total. The summed E-state index contributed by atoms with van der Waals surface area (Å²) in [7, 11) is 0. The Morgan fingerprint density at radius 1 is 0.857 bits per heavy atom. The van der Waals surface area contributed by atoms with Crippen molar-refractivity contribution in [1.29, 1.82) is 0 Å². The Morgan fingerprint density at radius 2 is 1.62 bits per heavy atom. The smallest absolute Gasteiger partial charge is 0.233 e. The number of hydrogen-bond acceptors (Lipinski definition) is 1. The Kier molecular flexibility index (Phi) is 3.25. The van der Waals surface area contributed by atoms with E-state index in [9.17, 15) is 13.2 Å². The molecular formula is C16H11F3N2. The lowest BCUT2D eigenvalue weighted by atomic mass is 10.1. The van der Waals surface area contributed by atoms with Crippen LogP contribution in [0.2, 0.25) is 0 Å². The van der Waals surface area contributed by atoms with E-state index in [4.69, 9.17) is 0 Å². The Bertz CT molecular complexity index is 745. The third-order valence-electron chi connectivity index (χ3n) is 3.13. The second-order valence-corrected chi connectivity index (χ2v) is 4.54. The summed E-state index contributed by atoms with van der Waals surface area (Å²) in [6, 6.07) is 16.3. The third-order valence-corrected chi connectivity index (χ3v) is 3.13.